The van der Waals surface area contributed by atoms with Gasteiger partial charge in [0, 0.05) is 22.5 Å². The molecule has 102 valence electrons. The van der Waals surface area contributed by atoms with Crippen molar-refractivity contribution in [3.8, 4) is 0 Å². The number of benzene rings is 1. The molecule has 4 heteroatoms. The number of halogens is 2. The third-order valence-corrected chi connectivity index (χ3v) is 4.84. The molecule has 1 aromatic rings. The molecule has 0 saturated carbocycles. The molecule has 2 unspecified atom stereocenters. The van der Waals surface area contributed by atoms with Crippen LogP contribution in [0.25, 0.3) is 0 Å². The molecule has 2 nitrogen and oxygen atoms in total. The van der Waals surface area contributed by atoms with Crippen molar-refractivity contribution in [2.45, 2.75) is 49.6 Å². The van der Waals surface area contributed by atoms with E-state index < -0.39 is 0 Å². The lowest BCUT2D eigenvalue weighted by Crippen LogP contribution is -2.47. The highest BCUT2D eigenvalue weighted by Crippen LogP contribution is 2.38. The van der Waals surface area contributed by atoms with Crippen molar-refractivity contribution in [3.05, 3.63) is 34.9 Å². The first-order chi connectivity index (χ1) is 9.13. The van der Waals surface area contributed by atoms with E-state index in [0.29, 0.717) is 23.5 Å². The molecule has 0 spiro atoms. The summed E-state index contributed by atoms with van der Waals surface area (Å²) in [5.41, 5.74) is 1.03. The van der Waals surface area contributed by atoms with E-state index in [9.17, 15) is 4.79 Å². The molecule has 2 atom stereocenters. The molecule has 2 bridgehead atoms. The number of carbonyl (C=O) groups is 1. The molecule has 2 saturated heterocycles. The van der Waals surface area contributed by atoms with Crippen molar-refractivity contribution in [2.75, 3.05) is 0 Å². The summed E-state index contributed by atoms with van der Waals surface area (Å²) in [6.45, 7) is 0. The zero-order chi connectivity index (χ0) is 13.4. The van der Waals surface area contributed by atoms with Crippen LogP contribution in [0.2, 0.25) is 5.02 Å². The average molecular weight is 298 g/mol. The first kappa shape index (κ1) is 13.3. The van der Waals surface area contributed by atoms with E-state index in [1.54, 1.807) is 0 Å². The van der Waals surface area contributed by atoms with E-state index in [4.69, 9.17) is 23.2 Å². The lowest BCUT2D eigenvalue weighted by molar-refractivity contribution is -0.134. The second-order valence-corrected chi connectivity index (χ2v) is 6.61. The number of piperidine rings is 1. The maximum atomic E-state index is 12.5. The Morgan fingerprint density at radius 3 is 2.32 bits per heavy atom. The molecule has 1 aromatic carbocycles. The summed E-state index contributed by atoms with van der Waals surface area (Å²) in [7, 11) is 0. The Kier molecular flexibility index (Phi) is 3.72. The molecule has 0 radical (unpaired) electrons. The molecule has 0 aromatic heterocycles. The van der Waals surface area contributed by atoms with Crippen LogP contribution in [0.5, 0.6) is 0 Å². The van der Waals surface area contributed by atoms with Crippen molar-refractivity contribution in [3.63, 3.8) is 0 Å². The van der Waals surface area contributed by atoms with Crippen molar-refractivity contribution in [1.82, 2.24) is 4.90 Å². The van der Waals surface area contributed by atoms with Gasteiger partial charge in [0.25, 0.3) is 0 Å². The molecular formula is C15H17Cl2NO. The first-order valence-electron chi connectivity index (χ1n) is 6.83. The minimum Gasteiger partial charge on any atom is -0.336 e. The van der Waals surface area contributed by atoms with E-state index in [2.05, 4.69) is 4.90 Å². The Balaban J connectivity index is 1.69. The minimum absolute atomic E-state index is 0.235. The summed E-state index contributed by atoms with van der Waals surface area (Å²) < 4.78 is 0. The highest BCUT2D eigenvalue weighted by molar-refractivity contribution is 6.30. The second-order valence-electron chi connectivity index (χ2n) is 5.56. The number of rotatable bonds is 2. The van der Waals surface area contributed by atoms with Gasteiger partial charge >= 0.3 is 0 Å². The van der Waals surface area contributed by atoms with Gasteiger partial charge in [-0.2, -0.15) is 0 Å². The first-order valence-corrected chi connectivity index (χ1v) is 7.64. The number of amides is 1. The van der Waals surface area contributed by atoms with Gasteiger partial charge in [-0.25, -0.2) is 0 Å². The van der Waals surface area contributed by atoms with Crippen LogP contribution in [0.3, 0.4) is 0 Å². The number of alkyl halides is 1. The van der Waals surface area contributed by atoms with Crippen molar-refractivity contribution >= 4 is 29.1 Å². The van der Waals surface area contributed by atoms with Crippen molar-refractivity contribution in [2.24, 2.45) is 0 Å². The summed E-state index contributed by atoms with van der Waals surface area (Å²) in [5, 5.41) is 0.955. The van der Waals surface area contributed by atoms with Gasteiger partial charge in [0.15, 0.2) is 0 Å². The smallest absolute Gasteiger partial charge is 0.227 e. The van der Waals surface area contributed by atoms with Crippen LogP contribution < -0.4 is 0 Å². The summed E-state index contributed by atoms with van der Waals surface area (Å²) in [6.07, 6.45) is 4.59. The standard InChI is InChI=1S/C15H17Cl2NO/c16-11-3-1-10(2-4-11)7-15(19)18-13-5-6-14(18)9-12(17)8-13/h1-4,12-14H,5-9H2. The van der Waals surface area contributed by atoms with Crippen LogP contribution in [0.15, 0.2) is 24.3 Å². The summed E-state index contributed by atoms with van der Waals surface area (Å²) in [6, 6.07) is 8.25. The van der Waals surface area contributed by atoms with Crippen LogP contribution in [0.1, 0.15) is 31.2 Å². The molecule has 19 heavy (non-hydrogen) atoms. The second kappa shape index (κ2) is 5.34. The highest BCUT2D eigenvalue weighted by atomic mass is 35.5. The highest BCUT2D eigenvalue weighted by Gasteiger charge is 2.42. The van der Waals surface area contributed by atoms with E-state index in [1.807, 2.05) is 24.3 Å². The SMILES string of the molecule is O=C(Cc1ccc(Cl)cc1)N1C2CCC1CC(Cl)C2. The lowest BCUT2D eigenvalue weighted by Gasteiger charge is -2.37. The van der Waals surface area contributed by atoms with E-state index in [0.717, 1.165) is 31.2 Å². The van der Waals surface area contributed by atoms with Gasteiger partial charge in [0.05, 0.1) is 6.42 Å². The van der Waals surface area contributed by atoms with Gasteiger partial charge in [0.1, 0.15) is 0 Å². The summed E-state index contributed by atoms with van der Waals surface area (Å²) in [4.78, 5) is 14.6. The van der Waals surface area contributed by atoms with Gasteiger partial charge in [-0.1, -0.05) is 23.7 Å². The van der Waals surface area contributed by atoms with Gasteiger partial charge < -0.3 is 4.90 Å². The van der Waals surface area contributed by atoms with Gasteiger partial charge in [-0.3, -0.25) is 4.79 Å². The molecule has 0 N–H and O–H groups in total. The van der Waals surface area contributed by atoms with Crippen LogP contribution in [0.4, 0.5) is 0 Å². The zero-order valence-electron chi connectivity index (χ0n) is 10.7. The Morgan fingerprint density at radius 2 is 1.74 bits per heavy atom. The quantitative estimate of drug-likeness (QED) is 0.763. The fraction of sp³-hybridized carbons (Fsp3) is 0.533. The maximum absolute atomic E-state index is 12.5. The van der Waals surface area contributed by atoms with E-state index >= 15 is 0 Å². The number of nitrogens with zero attached hydrogens (tertiary/aromatic N) is 1. The fourth-order valence-electron chi connectivity index (χ4n) is 3.39. The van der Waals surface area contributed by atoms with Crippen LogP contribution in [0, 0.1) is 0 Å². The van der Waals surface area contributed by atoms with Crippen molar-refractivity contribution in [1.29, 1.82) is 0 Å². The summed E-state index contributed by atoms with van der Waals surface area (Å²) >= 11 is 12.1. The van der Waals surface area contributed by atoms with Gasteiger partial charge in [-0.05, 0) is 43.4 Å². The van der Waals surface area contributed by atoms with Crippen LogP contribution in [-0.4, -0.2) is 28.3 Å². The van der Waals surface area contributed by atoms with Gasteiger partial charge in [0.2, 0.25) is 5.91 Å². The van der Waals surface area contributed by atoms with Crippen LogP contribution >= 0.6 is 23.2 Å². The minimum atomic E-state index is 0.235. The zero-order valence-corrected chi connectivity index (χ0v) is 12.2. The predicted molar refractivity (Wildman–Crippen MR) is 77.7 cm³/mol. The predicted octanol–water partition coefficient (Wildman–Crippen LogP) is 3.64. The number of fused-ring (bicyclic) bond motifs is 2. The van der Waals surface area contributed by atoms with Crippen molar-refractivity contribution < 1.29 is 4.79 Å². The normalized spacial score (nSPS) is 29.6. The summed E-state index contributed by atoms with van der Waals surface area (Å²) in [5.74, 6) is 0.235. The molecular weight excluding hydrogens is 281 g/mol. The topological polar surface area (TPSA) is 20.3 Å². The third-order valence-electron chi connectivity index (χ3n) is 4.23. The average Bonchev–Trinajstić information content (AvgIpc) is 2.65. The molecule has 2 heterocycles. The lowest BCUT2D eigenvalue weighted by atomic mass is 10.0. The number of hydrogen-bond donors (Lipinski definition) is 0. The Bertz CT molecular complexity index is 460. The molecule has 3 rings (SSSR count). The Morgan fingerprint density at radius 1 is 1.16 bits per heavy atom. The Hall–Kier alpha value is -0.730. The van der Waals surface area contributed by atoms with E-state index in [-0.39, 0.29) is 11.3 Å². The maximum Gasteiger partial charge on any atom is 0.227 e. The Labute approximate surface area is 123 Å². The largest absolute Gasteiger partial charge is 0.336 e. The fourth-order valence-corrected chi connectivity index (χ4v) is 3.92. The molecule has 2 aliphatic rings. The monoisotopic (exact) mass is 297 g/mol. The molecule has 0 aliphatic carbocycles. The van der Waals surface area contributed by atoms with Gasteiger partial charge in [-0.15, -0.1) is 11.6 Å². The van der Waals surface area contributed by atoms with E-state index in [1.165, 1.54) is 0 Å². The van der Waals surface area contributed by atoms with Crippen LogP contribution in [-0.2, 0) is 11.2 Å². The molecule has 2 fully saturated rings. The third kappa shape index (κ3) is 2.75. The molecule has 1 amide bonds. The number of carbonyl (C=O) groups excluding carboxylic acids is 1. The number of hydrogen-bond acceptors (Lipinski definition) is 1. The molecule has 2 aliphatic heterocycles.